The highest BCUT2D eigenvalue weighted by Gasteiger charge is 2.14. The van der Waals surface area contributed by atoms with Crippen molar-refractivity contribution in [1.82, 2.24) is 9.62 Å². The van der Waals surface area contributed by atoms with Gasteiger partial charge in [-0.05, 0) is 17.7 Å². The fraction of sp³-hybridized carbons (Fsp3) is 0.571. The molecule has 0 spiro atoms. The van der Waals surface area contributed by atoms with E-state index in [1.807, 2.05) is 0 Å². The van der Waals surface area contributed by atoms with Gasteiger partial charge in [0.1, 0.15) is 5.75 Å². The molecule has 21 heavy (non-hydrogen) atoms. The number of hydrogen-bond donors (Lipinski definition) is 1. The van der Waals surface area contributed by atoms with Crippen LogP contribution in [0.2, 0.25) is 0 Å². The highest BCUT2D eigenvalue weighted by Crippen LogP contribution is 2.14. The van der Waals surface area contributed by atoms with Crippen LogP contribution in [0.3, 0.4) is 0 Å². The normalized spacial score (nSPS) is 16.8. The van der Waals surface area contributed by atoms with Crippen molar-refractivity contribution in [2.24, 2.45) is 0 Å². The summed E-state index contributed by atoms with van der Waals surface area (Å²) in [7, 11) is -1.76. The maximum absolute atomic E-state index is 12.0. The SMILES string of the molecule is COc1cccc(CS(=O)(=O)NCCN2CCOCC2)c1. The van der Waals surface area contributed by atoms with E-state index in [0.29, 0.717) is 24.4 Å². The highest BCUT2D eigenvalue weighted by atomic mass is 32.2. The number of nitrogens with zero attached hydrogens (tertiary/aromatic N) is 1. The molecule has 1 aromatic carbocycles. The lowest BCUT2D eigenvalue weighted by molar-refractivity contribution is 0.0390. The summed E-state index contributed by atoms with van der Waals surface area (Å²) in [6.45, 7) is 4.29. The minimum Gasteiger partial charge on any atom is -0.497 e. The monoisotopic (exact) mass is 314 g/mol. The molecule has 0 atom stereocenters. The van der Waals surface area contributed by atoms with Gasteiger partial charge in [-0.25, -0.2) is 13.1 Å². The van der Waals surface area contributed by atoms with Gasteiger partial charge in [-0.3, -0.25) is 4.90 Å². The van der Waals surface area contributed by atoms with Gasteiger partial charge in [0.15, 0.2) is 0 Å². The van der Waals surface area contributed by atoms with E-state index in [4.69, 9.17) is 9.47 Å². The summed E-state index contributed by atoms with van der Waals surface area (Å²) in [6.07, 6.45) is 0. The van der Waals surface area contributed by atoms with E-state index in [1.54, 1.807) is 31.4 Å². The van der Waals surface area contributed by atoms with Gasteiger partial charge in [0.05, 0.1) is 26.1 Å². The molecule has 118 valence electrons. The van der Waals surface area contributed by atoms with Crippen molar-refractivity contribution in [3.63, 3.8) is 0 Å². The Hall–Kier alpha value is -1.15. The molecule has 6 nitrogen and oxygen atoms in total. The molecule has 1 heterocycles. The number of hydrogen-bond acceptors (Lipinski definition) is 5. The lowest BCUT2D eigenvalue weighted by Gasteiger charge is -2.26. The Bertz CT molecular complexity index is 542. The molecule has 0 aromatic heterocycles. The molecule has 1 aliphatic heterocycles. The number of methoxy groups -OCH3 is 1. The molecule has 1 saturated heterocycles. The molecule has 0 aliphatic carbocycles. The van der Waals surface area contributed by atoms with Crippen LogP contribution in [0.15, 0.2) is 24.3 Å². The van der Waals surface area contributed by atoms with E-state index in [0.717, 1.165) is 26.3 Å². The van der Waals surface area contributed by atoms with Crippen LogP contribution in [0, 0.1) is 0 Å². The van der Waals surface area contributed by atoms with Crippen molar-refractivity contribution in [1.29, 1.82) is 0 Å². The average Bonchev–Trinajstić information content (AvgIpc) is 2.48. The number of rotatable bonds is 7. The first kappa shape index (κ1) is 16.2. The Labute approximate surface area is 126 Å². The zero-order valence-electron chi connectivity index (χ0n) is 12.2. The summed E-state index contributed by atoms with van der Waals surface area (Å²) in [5, 5.41) is 0. The molecule has 0 radical (unpaired) electrons. The van der Waals surface area contributed by atoms with Crippen LogP contribution in [0.25, 0.3) is 0 Å². The third kappa shape index (κ3) is 5.62. The van der Waals surface area contributed by atoms with Gasteiger partial charge in [0.25, 0.3) is 0 Å². The Morgan fingerprint density at radius 1 is 1.33 bits per heavy atom. The first-order chi connectivity index (χ1) is 10.1. The predicted octanol–water partition coefficient (Wildman–Crippen LogP) is 0.447. The topological polar surface area (TPSA) is 67.9 Å². The van der Waals surface area contributed by atoms with Crippen LogP contribution in [-0.4, -0.2) is 59.8 Å². The molecule has 1 N–H and O–H groups in total. The van der Waals surface area contributed by atoms with Crippen molar-refractivity contribution in [3.8, 4) is 5.75 Å². The van der Waals surface area contributed by atoms with Crippen LogP contribution in [0.1, 0.15) is 5.56 Å². The Morgan fingerprint density at radius 3 is 2.81 bits per heavy atom. The third-order valence-corrected chi connectivity index (χ3v) is 4.70. The molecule has 1 fully saturated rings. The second kappa shape index (κ2) is 7.74. The number of morpholine rings is 1. The molecule has 0 unspecified atom stereocenters. The number of nitrogens with one attached hydrogen (secondary N) is 1. The smallest absolute Gasteiger partial charge is 0.215 e. The maximum Gasteiger partial charge on any atom is 0.215 e. The number of benzene rings is 1. The lowest BCUT2D eigenvalue weighted by Crippen LogP contribution is -2.41. The van der Waals surface area contributed by atoms with E-state index in [9.17, 15) is 8.42 Å². The van der Waals surface area contributed by atoms with E-state index in [1.165, 1.54) is 0 Å². The van der Waals surface area contributed by atoms with Crippen molar-refractivity contribution in [2.75, 3.05) is 46.5 Å². The second-order valence-corrected chi connectivity index (χ2v) is 6.77. The predicted molar refractivity (Wildman–Crippen MR) is 80.9 cm³/mol. The van der Waals surface area contributed by atoms with Crippen molar-refractivity contribution in [3.05, 3.63) is 29.8 Å². The van der Waals surface area contributed by atoms with Crippen LogP contribution in [-0.2, 0) is 20.5 Å². The van der Waals surface area contributed by atoms with Crippen LogP contribution in [0.4, 0.5) is 0 Å². The number of sulfonamides is 1. The Kier molecular flexibility index (Phi) is 5.98. The fourth-order valence-electron chi connectivity index (χ4n) is 2.22. The molecule has 0 amide bonds. The van der Waals surface area contributed by atoms with Crippen LogP contribution >= 0.6 is 0 Å². The van der Waals surface area contributed by atoms with Gasteiger partial charge in [-0.1, -0.05) is 12.1 Å². The highest BCUT2D eigenvalue weighted by molar-refractivity contribution is 7.88. The molecular formula is C14H22N2O4S. The van der Waals surface area contributed by atoms with Crippen LogP contribution in [0.5, 0.6) is 5.75 Å². The van der Waals surface area contributed by atoms with E-state index in [2.05, 4.69) is 9.62 Å². The Morgan fingerprint density at radius 2 is 2.10 bits per heavy atom. The molecule has 0 bridgehead atoms. The second-order valence-electron chi connectivity index (χ2n) is 4.96. The first-order valence-corrected chi connectivity index (χ1v) is 8.65. The zero-order chi connectivity index (χ0) is 15.1. The average molecular weight is 314 g/mol. The minimum absolute atomic E-state index is 0.0344. The lowest BCUT2D eigenvalue weighted by atomic mass is 10.2. The molecule has 1 aliphatic rings. The van der Waals surface area contributed by atoms with Gasteiger partial charge in [0, 0.05) is 26.2 Å². The van der Waals surface area contributed by atoms with Crippen LogP contribution < -0.4 is 9.46 Å². The molecule has 7 heteroatoms. The van der Waals surface area contributed by atoms with Gasteiger partial charge < -0.3 is 9.47 Å². The molecular weight excluding hydrogens is 292 g/mol. The van der Waals surface area contributed by atoms with E-state index < -0.39 is 10.0 Å². The van der Waals surface area contributed by atoms with Crippen molar-refractivity contribution in [2.45, 2.75) is 5.75 Å². The summed E-state index contributed by atoms with van der Waals surface area (Å²) in [5.74, 6) is 0.629. The van der Waals surface area contributed by atoms with E-state index in [-0.39, 0.29) is 5.75 Å². The minimum atomic E-state index is -3.32. The zero-order valence-corrected chi connectivity index (χ0v) is 13.1. The summed E-state index contributed by atoms with van der Waals surface area (Å²) in [4.78, 5) is 2.19. The number of ether oxygens (including phenoxy) is 2. The first-order valence-electron chi connectivity index (χ1n) is 6.99. The van der Waals surface area contributed by atoms with Crippen molar-refractivity contribution >= 4 is 10.0 Å². The summed E-state index contributed by atoms with van der Waals surface area (Å²) in [5.41, 5.74) is 0.716. The van der Waals surface area contributed by atoms with Gasteiger partial charge in [0.2, 0.25) is 10.0 Å². The van der Waals surface area contributed by atoms with E-state index >= 15 is 0 Å². The maximum atomic E-state index is 12.0. The van der Waals surface area contributed by atoms with Gasteiger partial charge >= 0.3 is 0 Å². The van der Waals surface area contributed by atoms with Gasteiger partial charge in [-0.15, -0.1) is 0 Å². The summed E-state index contributed by atoms with van der Waals surface area (Å²) < 4.78 is 37.1. The summed E-state index contributed by atoms with van der Waals surface area (Å²) >= 11 is 0. The standard InChI is InChI=1S/C14H22N2O4S/c1-19-14-4-2-3-13(11-14)12-21(17,18)15-5-6-16-7-9-20-10-8-16/h2-4,11,15H,5-10,12H2,1H3. The van der Waals surface area contributed by atoms with Gasteiger partial charge in [-0.2, -0.15) is 0 Å². The third-order valence-electron chi connectivity index (χ3n) is 3.34. The Balaban J connectivity index is 1.80. The molecule has 2 rings (SSSR count). The quantitative estimate of drug-likeness (QED) is 0.791. The largest absolute Gasteiger partial charge is 0.497 e. The summed E-state index contributed by atoms with van der Waals surface area (Å²) in [6, 6.07) is 7.10. The molecule has 1 aromatic rings. The fourth-order valence-corrected chi connectivity index (χ4v) is 3.34. The van der Waals surface area contributed by atoms with Crippen molar-refractivity contribution < 1.29 is 17.9 Å². The molecule has 0 saturated carbocycles.